The molecule has 1 saturated heterocycles. The van der Waals surface area contributed by atoms with Crippen molar-refractivity contribution in [1.29, 1.82) is 0 Å². The lowest BCUT2D eigenvalue weighted by Gasteiger charge is -2.32. The number of likely N-dealkylation sites (N-methyl/N-ethyl adjacent to an activating group) is 1. The molecular weight excluding hydrogens is 244 g/mol. The molecule has 19 heavy (non-hydrogen) atoms. The van der Waals surface area contributed by atoms with Crippen LogP contribution in [0, 0.1) is 6.92 Å². The third-order valence-corrected chi connectivity index (χ3v) is 3.74. The summed E-state index contributed by atoms with van der Waals surface area (Å²) in [7, 11) is 1.96. The Labute approximate surface area is 113 Å². The average molecular weight is 264 g/mol. The third-order valence-electron chi connectivity index (χ3n) is 3.74. The number of fused-ring (bicyclic) bond motifs is 1. The van der Waals surface area contributed by atoms with Crippen LogP contribution in [0.4, 0.5) is 0 Å². The summed E-state index contributed by atoms with van der Waals surface area (Å²) in [5.41, 5.74) is 2.40. The van der Waals surface area contributed by atoms with Gasteiger partial charge in [0.1, 0.15) is 0 Å². The van der Waals surface area contributed by atoms with Crippen molar-refractivity contribution in [3.05, 3.63) is 23.3 Å². The highest BCUT2D eigenvalue weighted by molar-refractivity contribution is 5.49. The summed E-state index contributed by atoms with van der Waals surface area (Å²) in [6, 6.07) is 4.26. The molecule has 0 radical (unpaired) electrons. The molecule has 0 aromatic heterocycles. The summed E-state index contributed by atoms with van der Waals surface area (Å²) >= 11 is 0. The van der Waals surface area contributed by atoms with Crippen LogP contribution >= 0.6 is 0 Å². The Bertz CT molecular complexity index is 458. The molecule has 1 aromatic carbocycles. The summed E-state index contributed by atoms with van der Waals surface area (Å²) in [6.07, 6.45) is 0.137. The molecule has 1 fully saturated rings. The Morgan fingerprint density at radius 3 is 2.79 bits per heavy atom. The van der Waals surface area contributed by atoms with Gasteiger partial charge in [-0.15, -0.1) is 0 Å². The van der Waals surface area contributed by atoms with Crippen molar-refractivity contribution < 1.29 is 14.2 Å². The lowest BCUT2D eigenvalue weighted by molar-refractivity contribution is 0.00522. The molecule has 5 heteroatoms. The minimum atomic E-state index is 0.137. The molecule has 1 aromatic rings. The Morgan fingerprint density at radius 1 is 1.32 bits per heavy atom. The van der Waals surface area contributed by atoms with Crippen LogP contribution in [0.1, 0.15) is 17.2 Å². The van der Waals surface area contributed by atoms with Crippen LogP contribution in [0.3, 0.4) is 0 Å². The van der Waals surface area contributed by atoms with E-state index in [0.29, 0.717) is 6.79 Å². The van der Waals surface area contributed by atoms with E-state index in [4.69, 9.17) is 14.2 Å². The topological polar surface area (TPSA) is 51.8 Å². The first-order valence-corrected chi connectivity index (χ1v) is 6.69. The van der Waals surface area contributed by atoms with E-state index >= 15 is 0 Å². The second kappa shape index (κ2) is 5.36. The number of hydrogen-bond acceptors (Lipinski definition) is 5. The number of morpholine rings is 1. The molecule has 2 atom stereocenters. The van der Waals surface area contributed by atoms with Crippen molar-refractivity contribution in [2.75, 3.05) is 33.5 Å². The first kappa shape index (κ1) is 12.7. The third kappa shape index (κ3) is 2.41. The summed E-state index contributed by atoms with van der Waals surface area (Å²) in [5.74, 6) is 1.66. The molecule has 0 saturated carbocycles. The lowest BCUT2D eigenvalue weighted by atomic mass is 9.95. The molecule has 3 rings (SSSR count). The van der Waals surface area contributed by atoms with Gasteiger partial charge < -0.3 is 24.8 Å². The van der Waals surface area contributed by atoms with Crippen molar-refractivity contribution in [1.82, 2.24) is 10.6 Å². The van der Waals surface area contributed by atoms with Crippen LogP contribution in [-0.2, 0) is 4.74 Å². The molecular formula is C14H20N2O3. The van der Waals surface area contributed by atoms with Crippen LogP contribution in [0.2, 0.25) is 0 Å². The van der Waals surface area contributed by atoms with Gasteiger partial charge in [0.05, 0.1) is 18.8 Å². The maximum atomic E-state index is 5.86. The highest BCUT2D eigenvalue weighted by Gasteiger charge is 2.27. The lowest BCUT2D eigenvalue weighted by Crippen LogP contribution is -2.45. The van der Waals surface area contributed by atoms with E-state index in [0.717, 1.165) is 31.2 Å². The highest BCUT2D eigenvalue weighted by Crippen LogP contribution is 2.37. The van der Waals surface area contributed by atoms with E-state index in [1.165, 1.54) is 11.1 Å². The second-order valence-electron chi connectivity index (χ2n) is 4.94. The number of ether oxygens (including phenoxy) is 3. The maximum absolute atomic E-state index is 5.86. The number of aryl methyl sites for hydroxylation is 1. The molecule has 2 unspecified atom stereocenters. The van der Waals surface area contributed by atoms with E-state index < -0.39 is 0 Å². The van der Waals surface area contributed by atoms with Gasteiger partial charge in [0, 0.05) is 13.1 Å². The zero-order chi connectivity index (χ0) is 13.2. The Hall–Kier alpha value is -1.30. The predicted octanol–water partition coefficient (Wildman–Crippen LogP) is 0.973. The van der Waals surface area contributed by atoms with Crippen molar-refractivity contribution in [3.8, 4) is 11.5 Å². The molecule has 2 N–H and O–H groups in total. The van der Waals surface area contributed by atoms with Crippen LogP contribution in [-0.4, -0.2) is 39.6 Å². The van der Waals surface area contributed by atoms with Crippen molar-refractivity contribution >= 4 is 0 Å². The monoisotopic (exact) mass is 264 g/mol. The Morgan fingerprint density at radius 2 is 2.11 bits per heavy atom. The second-order valence-corrected chi connectivity index (χ2v) is 4.94. The van der Waals surface area contributed by atoms with Gasteiger partial charge >= 0.3 is 0 Å². The van der Waals surface area contributed by atoms with Crippen LogP contribution in [0.15, 0.2) is 12.1 Å². The average Bonchev–Trinajstić information content (AvgIpc) is 2.88. The van der Waals surface area contributed by atoms with Gasteiger partial charge in [-0.1, -0.05) is 0 Å². The molecule has 5 nitrogen and oxygen atoms in total. The van der Waals surface area contributed by atoms with Gasteiger partial charge in [0.2, 0.25) is 6.79 Å². The van der Waals surface area contributed by atoms with Gasteiger partial charge in [0.15, 0.2) is 11.5 Å². The molecule has 0 aliphatic carbocycles. The maximum Gasteiger partial charge on any atom is 0.231 e. The fraction of sp³-hybridized carbons (Fsp3) is 0.571. The number of hydrogen-bond donors (Lipinski definition) is 2. The molecule has 2 heterocycles. The summed E-state index contributed by atoms with van der Waals surface area (Å²) in [5, 5.41) is 6.73. The smallest absolute Gasteiger partial charge is 0.231 e. The van der Waals surface area contributed by atoms with Gasteiger partial charge in [-0.25, -0.2) is 0 Å². The van der Waals surface area contributed by atoms with Crippen molar-refractivity contribution in [2.24, 2.45) is 0 Å². The van der Waals surface area contributed by atoms with Gasteiger partial charge in [-0.05, 0) is 37.2 Å². The molecule has 0 bridgehead atoms. The van der Waals surface area contributed by atoms with Gasteiger partial charge in [-0.2, -0.15) is 0 Å². The standard InChI is InChI=1S/C14H20N2O3/c1-9-5-11-12(19-8-18-11)6-10(9)14(15-2)13-7-16-3-4-17-13/h5-6,13-16H,3-4,7-8H2,1-2H3. The normalized spacial score (nSPS) is 23.4. The first-order valence-electron chi connectivity index (χ1n) is 6.69. The highest BCUT2D eigenvalue weighted by atomic mass is 16.7. The van der Waals surface area contributed by atoms with Crippen LogP contribution in [0.5, 0.6) is 11.5 Å². The predicted molar refractivity (Wildman–Crippen MR) is 71.7 cm³/mol. The van der Waals surface area contributed by atoms with Crippen LogP contribution in [0.25, 0.3) is 0 Å². The molecule has 104 valence electrons. The fourth-order valence-corrected chi connectivity index (χ4v) is 2.74. The fourth-order valence-electron chi connectivity index (χ4n) is 2.74. The van der Waals surface area contributed by atoms with E-state index in [-0.39, 0.29) is 12.1 Å². The molecule has 0 amide bonds. The number of nitrogens with one attached hydrogen (secondary N) is 2. The van der Waals surface area contributed by atoms with E-state index in [2.05, 4.69) is 23.6 Å². The van der Waals surface area contributed by atoms with E-state index in [1.54, 1.807) is 0 Å². The SMILES string of the molecule is CNC(c1cc2c(cc1C)OCO2)C1CNCCO1. The van der Waals surface area contributed by atoms with Gasteiger partial charge in [-0.3, -0.25) is 0 Å². The van der Waals surface area contributed by atoms with Crippen molar-refractivity contribution in [2.45, 2.75) is 19.1 Å². The Balaban J connectivity index is 1.90. The summed E-state index contributed by atoms with van der Waals surface area (Å²) < 4.78 is 16.7. The quantitative estimate of drug-likeness (QED) is 0.852. The zero-order valence-electron chi connectivity index (χ0n) is 11.4. The van der Waals surface area contributed by atoms with E-state index in [1.807, 2.05) is 13.1 Å². The Kier molecular flexibility index (Phi) is 3.59. The molecule has 2 aliphatic rings. The first-order chi connectivity index (χ1) is 9.29. The van der Waals surface area contributed by atoms with E-state index in [9.17, 15) is 0 Å². The van der Waals surface area contributed by atoms with Crippen LogP contribution < -0.4 is 20.1 Å². The largest absolute Gasteiger partial charge is 0.454 e. The number of benzene rings is 1. The minimum Gasteiger partial charge on any atom is -0.454 e. The summed E-state index contributed by atoms with van der Waals surface area (Å²) in [6.45, 7) is 4.95. The number of rotatable bonds is 3. The minimum absolute atomic E-state index is 0.137. The van der Waals surface area contributed by atoms with Gasteiger partial charge in [0.25, 0.3) is 0 Å². The molecule has 2 aliphatic heterocycles. The molecule has 0 spiro atoms. The van der Waals surface area contributed by atoms with Crippen molar-refractivity contribution in [3.63, 3.8) is 0 Å². The summed E-state index contributed by atoms with van der Waals surface area (Å²) in [4.78, 5) is 0. The zero-order valence-corrected chi connectivity index (χ0v) is 11.4.